The molecule has 0 bridgehead atoms. The Kier molecular flexibility index (Phi) is 3.59. The third-order valence-electron chi connectivity index (χ3n) is 3.85. The Morgan fingerprint density at radius 2 is 2.05 bits per heavy atom. The number of aromatic nitrogens is 2. The fourth-order valence-corrected chi connectivity index (χ4v) is 2.43. The second-order valence-corrected chi connectivity index (χ2v) is 5.54. The topological polar surface area (TPSA) is 49.8 Å². The van der Waals surface area contributed by atoms with E-state index in [-0.39, 0.29) is 5.54 Å². The standard InChI is InChI=1S/C15H17ClN4/c1-17-15(4-5-15)10-20-12-8-13(14(16)19-9-12)11-2-6-18-7-3-11/h2-3,6-9,17,20H,4-5,10H2,1H3. The number of anilines is 1. The summed E-state index contributed by atoms with van der Waals surface area (Å²) in [6.07, 6.45) is 7.72. The van der Waals surface area contributed by atoms with Gasteiger partial charge in [0.1, 0.15) is 5.15 Å². The molecule has 0 aromatic carbocycles. The van der Waals surface area contributed by atoms with E-state index in [0.717, 1.165) is 23.4 Å². The summed E-state index contributed by atoms with van der Waals surface area (Å²) >= 11 is 6.19. The molecule has 0 aliphatic heterocycles. The summed E-state index contributed by atoms with van der Waals surface area (Å²) in [6.45, 7) is 0.905. The first-order valence-electron chi connectivity index (χ1n) is 6.71. The Bertz CT molecular complexity index is 596. The number of nitrogens with zero attached hydrogens (tertiary/aromatic N) is 2. The van der Waals surface area contributed by atoms with Crippen LogP contribution in [0.3, 0.4) is 0 Å². The third-order valence-corrected chi connectivity index (χ3v) is 4.15. The van der Waals surface area contributed by atoms with Crippen LogP contribution < -0.4 is 10.6 Å². The summed E-state index contributed by atoms with van der Waals surface area (Å²) < 4.78 is 0. The summed E-state index contributed by atoms with van der Waals surface area (Å²) in [4.78, 5) is 8.29. The van der Waals surface area contributed by atoms with Crippen LogP contribution >= 0.6 is 11.6 Å². The highest BCUT2D eigenvalue weighted by molar-refractivity contribution is 6.32. The Morgan fingerprint density at radius 1 is 1.30 bits per heavy atom. The molecule has 2 aromatic rings. The molecule has 2 heterocycles. The molecule has 1 fully saturated rings. The van der Waals surface area contributed by atoms with E-state index >= 15 is 0 Å². The maximum Gasteiger partial charge on any atom is 0.136 e. The number of halogens is 1. The molecule has 0 spiro atoms. The molecule has 0 atom stereocenters. The fourth-order valence-electron chi connectivity index (χ4n) is 2.22. The molecule has 1 aliphatic carbocycles. The highest BCUT2D eigenvalue weighted by Gasteiger charge is 2.40. The van der Waals surface area contributed by atoms with Gasteiger partial charge in [-0.3, -0.25) is 4.98 Å². The van der Waals surface area contributed by atoms with Gasteiger partial charge in [-0.15, -0.1) is 0 Å². The minimum absolute atomic E-state index is 0.260. The van der Waals surface area contributed by atoms with Gasteiger partial charge in [-0.05, 0) is 43.7 Å². The van der Waals surface area contributed by atoms with Crippen LogP contribution in [0, 0.1) is 0 Å². The summed E-state index contributed by atoms with van der Waals surface area (Å²) in [5, 5.41) is 7.31. The Labute approximate surface area is 123 Å². The quantitative estimate of drug-likeness (QED) is 0.831. The summed E-state index contributed by atoms with van der Waals surface area (Å²) in [5.41, 5.74) is 3.20. The van der Waals surface area contributed by atoms with Gasteiger partial charge >= 0.3 is 0 Å². The van der Waals surface area contributed by atoms with Gasteiger partial charge in [-0.2, -0.15) is 0 Å². The predicted octanol–water partition coefficient (Wildman–Crippen LogP) is 2.96. The predicted molar refractivity (Wildman–Crippen MR) is 82.0 cm³/mol. The van der Waals surface area contributed by atoms with Crippen molar-refractivity contribution in [2.24, 2.45) is 0 Å². The maximum absolute atomic E-state index is 6.19. The van der Waals surface area contributed by atoms with Crippen molar-refractivity contribution in [1.82, 2.24) is 15.3 Å². The van der Waals surface area contributed by atoms with Crippen LogP contribution in [0.15, 0.2) is 36.8 Å². The monoisotopic (exact) mass is 288 g/mol. The lowest BCUT2D eigenvalue weighted by atomic mass is 10.1. The number of hydrogen-bond acceptors (Lipinski definition) is 4. The highest BCUT2D eigenvalue weighted by Crippen LogP contribution is 2.35. The van der Waals surface area contributed by atoms with E-state index in [1.807, 2.05) is 25.2 Å². The molecule has 5 heteroatoms. The molecule has 1 aliphatic rings. The van der Waals surface area contributed by atoms with E-state index in [0.29, 0.717) is 5.15 Å². The molecule has 2 N–H and O–H groups in total. The Hall–Kier alpha value is -1.65. The number of likely N-dealkylation sites (N-methyl/N-ethyl adjacent to an activating group) is 1. The molecule has 3 rings (SSSR count). The van der Waals surface area contributed by atoms with Gasteiger partial charge in [-0.25, -0.2) is 4.98 Å². The molecule has 20 heavy (non-hydrogen) atoms. The molecular formula is C15H17ClN4. The second kappa shape index (κ2) is 5.38. The summed E-state index contributed by atoms with van der Waals surface area (Å²) in [5.74, 6) is 0. The molecule has 2 aromatic heterocycles. The molecule has 0 amide bonds. The van der Waals surface area contributed by atoms with E-state index in [4.69, 9.17) is 11.6 Å². The molecular weight excluding hydrogens is 272 g/mol. The highest BCUT2D eigenvalue weighted by atomic mass is 35.5. The van der Waals surface area contributed by atoms with Crippen LogP contribution in [0.2, 0.25) is 5.15 Å². The molecule has 0 radical (unpaired) electrons. The molecule has 4 nitrogen and oxygen atoms in total. The number of rotatable bonds is 5. The van der Waals surface area contributed by atoms with Crippen molar-refractivity contribution in [1.29, 1.82) is 0 Å². The van der Waals surface area contributed by atoms with Gasteiger partial charge in [0.05, 0.1) is 11.9 Å². The zero-order valence-electron chi connectivity index (χ0n) is 11.4. The number of pyridine rings is 2. The van der Waals surface area contributed by atoms with Crippen LogP contribution in [-0.4, -0.2) is 29.1 Å². The first-order chi connectivity index (χ1) is 9.72. The van der Waals surface area contributed by atoms with Crippen molar-refractivity contribution >= 4 is 17.3 Å². The van der Waals surface area contributed by atoms with E-state index in [1.54, 1.807) is 18.6 Å². The number of nitrogens with one attached hydrogen (secondary N) is 2. The smallest absolute Gasteiger partial charge is 0.136 e. The van der Waals surface area contributed by atoms with Crippen LogP contribution in [0.5, 0.6) is 0 Å². The van der Waals surface area contributed by atoms with Crippen LogP contribution in [0.1, 0.15) is 12.8 Å². The number of hydrogen-bond donors (Lipinski definition) is 2. The van der Waals surface area contributed by atoms with Crippen molar-refractivity contribution in [2.75, 3.05) is 18.9 Å². The second-order valence-electron chi connectivity index (χ2n) is 5.18. The Balaban J connectivity index is 1.80. The largest absolute Gasteiger partial charge is 0.382 e. The fraction of sp³-hybridized carbons (Fsp3) is 0.333. The van der Waals surface area contributed by atoms with Crippen molar-refractivity contribution in [3.63, 3.8) is 0 Å². The van der Waals surface area contributed by atoms with Crippen molar-refractivity contribution in [3.05, 3.63) is 41.9 Å². The zero-order chi connectivity index (χ0) is 14.0. The zero-order valence-corrected chi connectivity index (χ0v) is 12.1. The van der Waals surface area contributed by atoms with Crippen molar-refractivity contribution in [3.8, 4) is 11.1 Å². The van der Waals surface area contributed by atoms with Gasteiger partial charge in [0.2, 0.25) is 0 Å². The summed E-state index contributed by atoms with van der Waals surface area (Å²) in [7, 11) is 2.01. The Morgan fingerprint density at radius 3 is 2.70 bits per heavy atom. The van der Waals surface area contributed by atoms with Crippen molar-refractivity contribution < 1.29 is 0 Å². The lowest BCUT2D eigenvalue weighted by molar-refractivity contribution is 0.578. The SMILES string of the molecule is CNC1(CNc2cnc(Cl)c(-c3ccncc3)c2)CC1. The normalized spacial score (nSPS) is 15.9. The molecule has 0 saturated heterocycles. The van der Waals surface area contributed by atoms with E-state index < -0.39 is 0 Å². The minimum Gasteiger partial charge on any atom is -0.382 e. The van der Waals surface area contributed by atoms with E-state index in [2.05, 4.69) is 20.6 Å². The van der Waals surface area contributed by atoms with Crippen LogP contribution in [-0.2, 0) is 0 Å². The summed E-state index contributed by atoms with van der Waals surface area (Å²) in [6, 6.07) is 5.90. The molecule has 0 unspecified atom stereocenters. The van der Waals surface area contributed by atoms with Crippen LogP contribution in [0.4, 0.5) is 5.69 Å². The van der Waals surface area contributed by atoms with Gasteiger partial charge in [0.15, 0.2) is 0 Å². The molecule has 104 valence electrons. The van der Waals surface area contributed by atoms with Gasteiger partial charge < -0.3 is 10.6 Å². The third kappa shape index (κ3) is 2.76. The first kappa shape index (κ1) is 13.3. The van der Waals surface area contributed by atoms with E-state index in [1.165, 1.54) is 12.8 Å². The average Bonchev–Trinajstić information content (AvgIpc) is 3.28. The van der Waals surface area contributed by atoms with Gasteiger partial charge in [-0.1, -0.05) is 11.6 Å². The van der Waals surface area contributed by atoms with E-state index in [9.17, 15) is 0 Å². The van der Waals surface area contributed by atoms with Gasteiger partial charge in [0.25, 0.3) is 0 Å². The average molecular weight is 289 g/mol. The maximum atomic E-state index is 6.19. The minimum atomic E-state index is 0.260. The van der Waals surface area contributed by atoms with Crippen LogP contribution in [0.25, 0.3) is 11.1 Å². The van der Waals surface area contributed by atoms with Crippen molar-refractivity contribution in [2.45, 2.75) is 18.4 Å². The lowest BCUT2D eigenvalue weighted by Crippen LogP contribution is -2.34. The first-order valence-corrected chi connectivity index (χ1v) is 7.09. The lowest BCUT2D eigenvalue weighted by Gasteiger charge is -2.16. The van der Waals surface area contributed by atoms with Gasteiger partial charge in [0, 0.05) is 30.0 Å². The molecule has 1 saturated carbocycles.